The lowest BCUT2D eigenvalue weighted by Gasteiger charge is -2.46. The van der Waals surface area contributed by atoms with E-state index in [0.717, 1.165) is 61.8 Å². The molecular formula is C28H38ClN3O. The molecule has 0 atom stereocenters. The molecule has 1 amide bonds. The van der Waals surface area contributed by atoms with Crippen LogP contribution in [0.2, 0.25) is 5.02 Å². The Morgan fingerprint density at radius 3 is 2.27 bits per heavy atom. The first kappa shape index (κ1) is 25.3. The number of nitrogens with zero attached hydrogens (tertiary/aromatic N) is 3. The summed E-state index contributed by atoms with van der Waals surface area (Å²) >= 11 is 6.15. The van der Waals surface area contributed by atoms with E-state index >= 15 is 0 Å². The summed E-state index contributed by atoms with van der Waals surface area (Å²) in [6, 6.07) is 16.6. The number of hydrogen-bond acceptors (Lipinski definition) is 3. The molecule has 0 aromatic heterocycles. The maximum Gasteiger partial charge on any atom is 0.227 e. The zero-order chi connectivity index (χ0) is 24.0. The number of piperidine rings is 1. The third-order valence-corrected chi connectivity index (χ3v) is 7.28. The van der Waals surface area contributed by atoms with E-state index in [1.54, 1.807) is 0 Å². The lowest BCUT2D eigenvalue weighted by atomic mass is 9.70. The lowest BCUT2D eigenvalue weighted by Crippen LogP contribution is -2.48. The summed E-state index contributed by atoms with van der Waals surface area (Å²) in [5.74, 6) is 0.243. The van der Waals surface area contributed by atoms with Gasteiger partial charge < -0.3 is 14.7 Å². The molecule has 0 saturated carbocycles. The van der Waals surface area contributed by atoms with Crippen molar-refractivity contribution in [3.63, 3.8) is 0 Å². The number of halogens is 1. The van der Waals surface area contributed by atoms with E-state index in [0.29, 0.717) is 6.42 Å². The zero-order valence-electron chi connectivity index (χ0n) is 20.6. The van der Waals surface area contributed by atoms with E-state index in [1.165, 1.54) is 11.1 Å². The van der Waals surface area contributed by atoms with Gasteiger partial charge in [-0.1, -0.05) is 62.4 Å². The highest BCUT2D eigenvalue weighted by atomic mass is 35.5. The van der Waals surface area contributed by atoms with E-state index < -0.39 is 0 Å². The fourth-order valence-electron chi connectivity index (χ4n) is 5.08. The maximum atomic E-state index is 12.6. The molecule has 0 bridgehead atoms. The first-order valence-electron chi connectivity index (χ1n) is 12.1. The standard InChI is InChI=1S/C26H32ClN3O.C2H6/c1-20(28(2)3)26(22-9-11-23(27)12-10-22)14-16-29(17-15-26)18-19-30-24-7-5-4-6-21(24)8-13-25(30)31;1-2/h4-7,9-12H,1,8,13-19H2,2-3H3;1-2H3. The van der Waals surface area contributed by atoms with Crippen LogP contribution in [0.15, 0.2) is 60.8 Å². The molecule has 1 saturated heterocycles. The molecule has 4 rings (SSSR count). The quantitative estimate of drug-likeness (QED) is 0.540. The predicted molar refractivity (Wildman–Crippen MR) is 140 cm³/mol. The van der Waals surface area contributed by atoms with Crippen molar-refractivity contribution in [3.05, 3.63) is 77.0 Å². The lowest BCUT2D eigenvalue weighted by molar-refractivity contribution is -0.119. The van der Waals surface area contributed by atoms with E-state index in [4.69, 9.17) is 11.6 Å². The van der Waals surface area contributed by atoms with Crippen LogP contribution in [-0.4, -0.2) is 56.0 Å². The number of aryl methyl sites for hydroxylation is 1. The Kier molecular flexibility index (Phi) is 8.61. The fourth-order valence-corrected chi connectivity index (χ4v) is 5.21. The number of likely N-dealkylation sites (tertiary alicyclic amines) is 1. The molecule has 5 heteroatoms. The Morgan fingerprint density at radius 1 is 1.00 bits per heavy atom. The van der Waals surface area contributed by atoms with Gasteiger partial charge in [-0.2, -0.15) is 0 Å². The molecule has 0 N–H and O–H groups in total. The van der Waals surface area contributed by atoms with Gasteiger partial charge in [0.1, 0.15) is 0 Å². The van der Waals surface area contributed by atoms with Gasteiger partial charge in [-0.05, 0) is 61.7 Å². The van der Waals surface area contributed by atoms with Crippen LogP contribution in [0, 0.1) is 0 Å². The normalized spacial score (nSPS) is 17.6. The Hall–Kier alpha value is -2.30. The van der Waals surface area contributed by atoms with Gasteiger partial charge in [0.2, 0.25) is 5.91 Å². The van der Waals surface area contributed by atoms with Crippen LogP contribution in [0.3, 0.4) is 0 Å². The summed E-state index contributed by atoms with van der Waals surface area (Å²) in [7, 11) is 4.15. The first-order chi connectivity index (χ1) is 15.9. The molecule has 0 radical (unpaired) electrons. The van der Waals surface area contributed by atoms with Gasteiger partial charge in [0.25, 0.3) is 0 Å². The van der Waals surface area contributed by atoms with Gasteiger partial charge in [0.05, 0.1) is 0 Å². The molecule has 2 aliphatic heterocycles. The van der Waals surface area contributed by atoms with Gasteiger partial charge in [0.15, 0.2) is 0 Å². The summed E-state index contributed by atoms with van der Waals surface area (Å²) in [5.41, 5.74) is 4.74. The van der Waals surface area contributed by atoms with Crippen LogP contribution in [0.4, 0.5) is 5.69 Å². The van der Waals surface area contributed by atoms with Crippen molar-refractivity contribution < 1.29 is 4.79 Å². The largest absolute Gasteiger partial charge is 0.381 e. The summed E-state index contributed by atoms with van der Waals surface area (Å²) in [6.45, 7) is 12.1. The van der Waals surface area contributed by atoms with E-state index in [9.17, 15) is 4.79 Å². The average Bonchev–Trinajstić information content (AvgIpc) is 2.85. The summed E-state index contributed by atoms with van der Waals surface area (Å²) < 4.78 is 0. The molecule has 0 aliphatic carbocycles. The van der Waals surface area contributed by atoms with Crippen LogP contribution >= 0.6 is 11.6 Å². The summed E-state index contributed by atoms with van der Waals surface area (Å²) in [4.78, 5) is 19.2. The maximum absolute atomic E-state index is 12.6. The molecule has 2 aromatic carbocycles. The van der Waals surface area contributed by atoms with Crippen LogP contribution in [0.5, 0.6) is 0 Å². The van der Waals surface area contributed by atoms with Gasteiger partial charge in [-0.25, -0.2) is 0 Å². The minimum Gasteiger partial charge on any atom is -0.381 e. The SMILES string of the molecule is C=C(N(C)C)C1(c2ccc(Cl)cc2)CCN(CCN2C(=O)CCc3ccccc32)CC1.CC. The number of likely N-dealkylation sites (N-methyl/N-ethyl adjacent to an activating group) is 1. The third kappa shape index (κ3) is 5.44. The number of fused-ring (bicyclic) bond motifs is 1. The zero-order valence-corrected chi connectivity index (χ0v) is 21.4. The van der Waals surface area contributed by atoms with Crippen molar-refractivity contribution in [2.24, 2.45) is 0 Å². The smallest absolute Gasteiger partial charge is 0.227 e. The molecule has 178 valence electrons. The summed E-state index contributed by atoms with van der Waals surface area (Å²) in [5, 5.41) is 0.762. The minimum absolute atomic E-state index is 0.0713. The van der Waals surface area contributed by atoms with Crippen molar-refractivity contribution >= 4 is 23.2 Å². The number of hydrogen-bond donors (Lipinski definition) is 0. The molecule has 1 fully saturated rings. The number of rotatable bonds is 6. The number of carbonyl (C=O) groups excluding carboxylic acids is 1. The number of para-hydroxylation sites is 1. The van der Waals surface area contributed by atoms with Crippen molar-refractivity contribution in [1.29, 1.82) is 0 Å². The average molecular weight is 468 g/mol. The van der Waals surface area contributed by atoms with Gasteiger partial charge in [0, 0.05) is 55.4 Å². The number of anilines is 1. The number of allylic oxidation sites excluding steroid dienone is 1. The fraction of sp³-hybridized carbons (Fsp3) is 0.464. The van der Waals surface area contributed by atoms with Gasteiger partial charge in [-0.3, -0.25) is 4.79 Å². The van der Waals surface area contributed by atoms with Crippen molar-refractivity contribution in [3.8, 4) is 0 Å². The molecule has 0 unspecified atom stereocenters. The predicted octanol–water partition coefficient (Wildman–Crippen LogP) is 5.75. The molecule has 4 nitrogen and oxygen atoms in total. The number of amides is 1. The topological polar surface area (TPSA) is 26.8 Å². The van der Waals surface area contributed by atoms with E-state index in [2.05, 4.69) is 60.8 Å². The molecule has 33 heavy (non-hydrogen) atoms. The van der Waals surface area contributed by atoms with Crippen molar-refractivity contribution in [1.82, 2.24) is 9.80 Å². The van der Waals surface area contributed by atoms with Crippen LogP contribution in [-0.2, 0) is 16.6 Å². The molecule has 2 aliphatic rings. The van der Waals surface area contributed by atoms with Crippen LogP contribution in [0.1, 0.15) is 44.2 Å². The highest BCUT2D eigenvalue weighted by molar-refractivity contribution is 6.30. The van der Waals surface area contributed by atoms with Crippen molar-refractivity contribution in [2.75, 3.05) is 45.2 Å². The van der Waals surface area contributed by atoms with E-state index in [-0.39, 0.29) is 11.3 Å². The molecule has 2 heterocycles. The van der Waals surface area contributed by atoms with Gasteiger partial charge in [-0.15, -0.1) is 0 Å². The first-order valence-corrected chi connectivity index (χ1v) is 12.5. The van der Waals surface area contributed by atoms with Crippen LogP contribution in [0.25, 0.3) is 0 Å². The highest BCUT2D eigenvalue weighted by Crippen LogP contribution is 2.42. The molecule has 2 aromatic rings. The number of carbonyl (C=O) groups is 1. The Bertz CT molecular complexity index is 946. The number of benzene rings is 2. The minimum atomic E-state index is -0.0713. The summed E-state index contributed by atoms with van der Waals surface area (Å²) in [6.07, 6.45) is 3.48. The Balaban J connectivity index is 0.00000149. The second kappa shape index (κ2) is 11.2. The Labute approximate surface area is 204 Å². The van der Waals surface area contributed by atoms with E-state index in [1.807, 2.05) is 36.9 Å². The van der Waals surface area contributed by atoms with Crippen LogP contribution < -0.4 is 4.90 Å². The molecular weight excluding hydrogens is 430 g/mol. The highest BCUT2D eigenvalue weighted by Gasteiger charge is 2.39. The van der Waals surface area contributed by atoms with Crippen molar-refractivity contribution in [2.45, 2.75) is 44.9 Å². The monoisotopic (exact) mass is 467 g/mol. The second-order valence-electron chi connectivity index (χ2n) is 8.95. The Morgan fingerprint density at radius 2 is 1.64 bits per heavy atom. The second-order valence-corrected chi connectivity index (χ2v) is 9.38. The van der Waals surface area contributed by atoms with Gasteiger partial charge >= 0.3 is 0 Å². The third-order valence-electron chi connectivity index (χ3n) is 7.03. The molecule has 0 spiro atoms.